The zero-order valence-corrected chi connectivity index (χ0v) is 13.1. The summed E-state index contributed by atoms with van der Waals surface area (Å²) in [5.74, 6) is 0. The van der Waals surface area contributed by atoms with Gasteiger partial charge in [-0.1, -0.05) is 42.5 Å². The Bertz CT molecular complexity index is 1050. The van der Waals surface area contributed by atoms with Crippen LogP contribution in [0, 0.1) is 0 Å². The van der Waals surface area contributed by atoms with Gasteiger partial charge in [0, 0.05) is 11.4 Å². The molecule has 4 aromatic rings. The largest absolute Gasteiger partial charge is 0.416 e. The van der Waals surface area contributed by atoms with Crippen molar-refractivity contribution in [2.75, 3.05) is 5.32 Å². The molecule has 1 nitrogen and oxygen atoms in total. The van der Waals surface area contributed by atoms with E-state index in [1.165, 1.54) is 12.1 Å². The fraction of sp³-hybridized carbons (Fsp3) is 0.0476. The molecular formula is C21H14F3N. The number of hydrogen-bond acceptors (Lipinski definition) is 1. The van der Waals surface area contributed by atoms with E-state index < -0.39 is 11.7 Å². The maximum absolute atomic E-state index is 12.6. The fourth-order valence-corrected chi connectivity index (χ4v) is 2.99. The number of hydrogen-bond donors (Lipinski definition) is 1. The van der Waals surface area contributed by atoms with Crippen LogP contribution in [0.5, 0.6) is 0 Å². The van der Waals surface area contributed by atoms with Crippen molar-refractivity contribution in [3.8, 4) is 0 Å². The van der Waals surface area contributed by atoms with Gasteiger partial charge in [-0.3, -0.25) is 0 Å². The monoisotopic (exact) mass is 337 g/mol. The van der Waals surface area contributed by atoms with Crippen LogP contribution in [-0.4, -0.2) is 0 Å². The van der Waals surface area contributed by atoms with Gasteiger partial charge in [-0.15, -0.1) is 0 Å². The second-order valence-electron chi connectivity index (χ2n) is 5.92. The molecule has 1 N–H and O–H groups in total. The molecular weight excluding hydrogens is 323 g/mol. The van der Waals surface area contributed by atoms with Crippen molar-refractivity contribution in [1.29, 1.82) is 0 Å². The first-order valence-corrected chi connectivity index (χ1v) is 7.86. The van der Waals surface area contributed by atoms with Crippen LogP contribution in [0.15, 0.2) is 78.9 Å². The zero-order chi connectivity index (χ0) is 17.4. The van der Waals surface area contributed by atoms with Gasteiger partial charge in [0.1, 0.15) is 0 Å². The third kappa shape index (κ3) is 3.03. The molecule has 4 rings (SSSR count). The lowest BCUT2D eigenvalue weighted by atomic mass is 10.0. The molecule has 25 heavy (non-hydrogen) atoms. The molecule has 0 spiro atoms. The molecule has 0 atom stereocenters. The summed E-state index contributed by atoms with van der Waals surface area (Å²) in [6, 6.07) is 23.3. The Balaban J connectivity index is 1.71. The summed E-state index contributed by atoms with van der Waals surface area (Å²) in [5.41, 5.74) is 0.804. The van der Waals surface area contributed by atoms with Crippen LogP contribution >= 0.6 is 0 Å². The normalized spacial score (nSPS) is 11.8. The average Bonchev–Trinajstić information content (AvgIpc) is 2.61. The Hall–Kier alpha value is -3.01. The van der Waals surface area contributed by atoms with Crippen molar-refractivity contribution in [3.63, 3.8) is 0 Å². The first-order valence-electron chi connectivity index (χ1n) is 7.86. The molecule has 0 unspecified atom stereocenters. The molecule has 0 aliphatic heterocycles. The highest BCUT2D eigenvalue weighted by Crippen LogP contribution is 2.32. The third-order valence-corrected chi connectivity index (χ3v) is 4.25. The molecule has 0 saturated heterocycles. The number of benzene rings is 4. The highest BCUT2D eigenvalue weighted by molar-refractivity contribution is 6.08. The van der Waals surface area contributed by atoms with Crippen LogP contribution in [0.2, 0.25) is 0 Å². The number of fused-ring (bicyclic) bond motifs is 3. The summed E-state index contributed by atoms with van der Waals surface area (Å²) >= 11 is 0. The molecule has 0 fully saturated rings. The number of halogens is 3. The van der Waals surface area contributed by atoms with Crippen molar-refractivity contribution in [2.24, 2.45) is 0 Å². The summed E-state index contributed by atoms with van der Waals surface area (Å²) in [5, 5.41) is 7.70. The van der Waals surface area contributed by atoms with E-state index >= 15 is 0 Å². The van der Waals surface area contributed by atoms with Crippen LogP contribution in [-0.2, 0) is 6.18 Å². The van der Waals surface area contributed by atoms with Crippen LogP contribution in [0.3, 0.4) is 0 Å². The summed E-state index contributed by atoms with van der Waals surface area (Å²) in [6.45, 7) is 0. The molecule has 0 bridgehead atoms. The van der Waals surface area contributed by atoms with Crippen molar-refractivity contribution < 1.29 is 13.2 Å². The van der Waals surface area contributed by atoms with Gasteiger partial charge in [-0.25, -0.2) is 0 Å². The van der Waals surface area contributed by atoms with E-state index in [4.69, 9.17) is 0 Å². The highest BCUT2D eigenvalue weighted by Gasteiger charge is 2.29. The molecule has 0 saturated carbocycles. The lowest BCUT2D eigenvalue weighted by Crippen LogP contribution is -2.04. The van der Waals surface area contributed by atoms with Gasteiger partial charge in [0.05, 0.1) is 5.56 Å². The first-order chi connectivity index (χ1) is 12.0. The SMILES string of the molecule is FC(F)(F)c1ccc(Nc2ccc3ccc4ccccc4c3c2)cc1. The summed E-state index contributed by atoms with van der Waals surface area (Å²) < 4.78 is 37.9. The Morgan fingerprint density at radius 3 is 1.92 bits per heavy atom. The standard InChI is InChI=1S/C21H14F3N/c22-21(23,24)16-8-11-17(12-9-16)25-18-10-7-15-6-5-14-3-1-2-4-19(14)20(15)13-18/h1-13,25H. The van der Waals surface area contributed by atoms with Gasteiger partial charge in [0.25, 0.3) is 0 Å². The molecule has 0 aromatic heterocycles. The number of nitrogens with one attached hydrogen (secondary N) is 1. The first kappa shape index (κ1) is 15.5. The summed E-state index contributed by atoms with van der Waals surface area (Å²) in [4.78, 5) is 0. The lowest BCUT2D eigenvalue weighted by Gasteiger charge is -2.11. The van der Waals surface area contributed by atoms with E-state index in [0.29, 0.717) is 5.69 Å². The molecule has 4 heteroatoms. The van der Waals surface area contributed by atoms with Gasteiger partial charge in [-0.05, 0) is 57.9 Å². The molecule has 0 aliphatic carbocycles. The van der Waals surface area contributed by atoms with Crippen molar-refractivity contribution >= 4 is 32.9 Å². The Labute approximate surface area is 142 Å². The molecule has 124 valence electrons. The maximum atomic E-state index is 12.6. The highest BCUT2D eigenvalue weighted by atomic mass is 19.4. The zero-order valence-electron chi connectivity index (χ0n) is 13.1. The number of anilines is 2. The van der Waals surface area contributed by atoms with Gasteiger partial charge in [-0.2, -0.15) is 13.2 Å². The van der Waals surface area contributed by atoms with Crippen LogP contribution in [0.1, 0.15) is 5.56 Å². The summed E-state index contributed by atoms with van der Waals surface area (Å²) in [7, 11) is 0. The quantitative estimate of drug-likeness (QED) is 0.399. The predicted octanol–water partition coefficient (Wildman–Crippen LogP) is 6.76. The van der Waals surface area contributed by atoms with Gasteiger partial charge >= 0.3 is 6.18 Å². The van der Waals surface area contributed by atoms with E-state index in [9.17, 15) is 13.2 Å². The second kappa shape index (κ2) is 5.81. The van der Waals surface area contributed by atoms with Crippen LogP contribution in [0.4, 0.5) is 24.5 Å². The van der Waals surface area contributed by atoms with Crippen molar-refractivity contribution in [1.82, 2.24) is 0 Å². The van der Waals surface area contributed by atoms with E-state index in [0.717, 1.165) is 39.4 Å². The smallest absolute Gasteiger partial charge is 0.356 e. The Morgan fingerprint density at radius 2 is 1.20 bits per heavy atom. The van der Waals surface area contributed by atoms with Crippen molar-refractivity contribution in [2.45, 2.75) is 6.18 Å². The van der Waals surface area contributed by atoms with Crippen LogP contribution in [0.25, 0.3) is 21.5 Å². The molecule has 0 amide bonds. The Kier molecular flexibility index (Phi) is 3.61. The van der Waals surface area contributed by atoms with E-state index in [-0.39, 0.29) is 0 Å². The molecule has 0 radical (unpaired) electrons. The van der Waals surface area contributed by atoms with Gasteiger partial charge in [0.2, 0.25) is 0 Å². The topological polar surface area (TPSA) is 12.0 Å². The fourth-order valence-electron chi connectivity index (χ4n) is 2.99. The van der Waals surface area contributed by atoms with Crippen molar-refractivity contribution in [3.05, 3.63) is 84.4 Å². The number of alkyl halides is 3. The van der Waals surface area contributed by atoms with E-state index in [2.05, 4.69) is 29.6 Å². The average molecular weight is 337 g/mol. The lowest BCUT2D eigenvalue weighted by molar-refractivity contribution is -0.137. The van der Waals surface area contributed by atoms with Crippen LogP contribution < -0.4 is 5.32 Å². The third-order valence-electron chi connectivity index (χ3n) is 4.25. The minimum atomic E-state index is -4.32. The van der Waals surface area contributed by atoms with Gasteiger partial charge < -0.3 is 5.32 Å². The van der Waals surface area contributed by atoms with Gasteiger partial charge in [0.15, 0.2) is 0 Å². The summed E-state index contributed by atoms with van der Waals surface area (Å²) in [6.07, 6.45) is -4.32. The predicted molar refractivity (Wildman–Crippen MR) is 96.2 cm³/mol. The minimum Gasteiger partial charge on any atom is -0.356 e. The molecule has 4 aromatic carbocycles. The Morgan fingerprint density at radius 1 is 0.600 bits per heavy atom. The van der Waals surface area contributed by atoms with E-state index in [1.807, 2.05) is 30.3 Å². The maximum Gasteiger partial charge on any atom is 0.416 e. The molecule has 0 heterocycles. The minimum absolute atomic E-state index is 0.618. The number of rotatable bonds is 2. The molecule has 0 aliphatic rings. The van der Waals surface area contributed by atoms with E-state index in [1.54, 1.807) is 0 Å². The second-order valence-corrected chi connectivity index (χ2v) is 5.92.